The van der Waals surface area contributed by atoms with Gasteiger partial charge in [0, 0.05) is 25.7 Å². The Kier molecular flexibility index (Phi) is 4.66. The molecule has 2 rings (SSSR count). The second-order valence-corrected chi connectivity index (χ2v) is 5.28. The number of carbonyl (C=O) groups is 3. The van der Waals surface area contributed by atoms with Gasteiger partial charge in [0.05, 0.1) is 12.5 Å². The van der Waals surface area contributed by atoms with Crippen LogP contribution < -0.4 is 0 Å². The van der Waals surface area contributed by atoms with E-state index >= 15 is 0 Å². The Morgan fingerprint density at radius 2 is 2.05 bits per heavy atom. The zero-order valence-electron chi connectivity index (χ0n) is 11.9. The third-order valence-corrected chi connectivity index (χ3v) is 4.05. The highest BCUT2D eigenvalue weighted by atomic mass is 16.5. The summed E-state index contributed by atoms with van der Waals surface area (Å²) in [6, 6.07) is -0.413. The van der Waals surface area contributed by atoms with Crippen molar-refractivity contribution in [3.8, 4) is 0 Å². The van der Waals surface area contributed by atoms with Gasteiger partial charge in [-0.2, -0.15) is 0 Å². The van der Waals surface area contributed by atoms with Crippen LogP contribution in [-0.4, -0.2) is 76.4 Å². The number of aliphatic hydroxyl groups is 1. The van der Waals surface area contributed by atoms with E-state index in [4.69, 9.17) is 9.84 Å². The van der Waals surface area contributed by atoms with Crippen LogP contribution in [0.5, 0.6) is 0 Å². The fourth-order valence-corrected chi connectivity index (χ4v) is 2.98. The fourth-order valence-electron chi connectivity index (χ4n) is 2.98. The maximum absolute atomic E-state index is 12.1. The van der Waals surface area contributed by atoms with E-state index in [9.17, 15) is 19.5 Å². The first-order valence-electron chi connectivity index (χ1n) is 7.08. The normalized spacial score (nSPS) is 29.6. The maximum atomic E-state index is 12.1. The summed E-state index contributed by atoms with van der Waals surface area (Å²) in [5.41, 5.74) is 0. The molecule has 0 aliphatic carbocycles. The number of esters is 1. The number of nitrogens with zero attached hydrogens (tertiary/aromatic N) is 2. The number of carbonyl (C=O) groups excluding carboxylic acids is 2. The molecule has 2 aliphatic rings. The number of hydrogen-bond donors (Lipinski definition) is 2. The molecule has 0 saturated carbocycles. The van der Waals surface area contributed by atoms with Gasteiger partial charge in [-0.1, -0.05) is 0 Å². The van der Waals surface area contributed by atoms with Crippen LogP contribution in [0.15, 0.2) is 0 Å². The number of likely N-dealkylation sites (tertiary alicyclic amines) is 2. The van der Waals surface area contributed by atoms with E-state index in [-0.39, 0.29) is 19.7 Å². The van der Waals surface area contributed by atoms with E-state index in [0.29, 0.717) is 19.4 Å². The van der Waals surface area contributed by atoms with Crippen LogP contribution in [-0.2, 0) is 14.3 Å². The van der Waals surface area contributed by atoms with E-state index in [1.54, 1.807) is 6.92 Å². The lowest BCUT2D eigenvalue weighted by atomic mass is 9.91. The lowest BCUT2D eigenvalue weighted by Crippen LogP contribution is -2.55. The lowest BCUT2D eigenvalue weighted by Gasteiger charge is -2.40. The molecule has 8 heteroatoms. The Bertz CT molecular complexity index is 440. The molecule has 0 aromatic heterocycles. The lowest BCUT2D eigenvalue weighted by molar-refractivity contribution is -0.154. The van der Waals surface area contributed by atoms with Gasteiger partial charge in [-0.25, -0.2) is 4.79 Å². The minimum Gasteiger partial charge on any atom is -0.466 e. The van der Waals surface area contributed by atoms with Gasteiger partial charge in [-0.3, -0.25) is 9.59 Å². The second-order valence-electron chi connectivity index (χ2n) is 5.28. The van der Waals surface area contributed by atoms with Crippen molar-refractivity contribution in [1.82, 2.24) is 9.80 Å². The predicted octanol–water partition coefficient (Wildman–Crippen LogP) is -0.489. The minimum absolute atomic E-state index is 0.0126. The summed E-state index contributed by atoms with van der Waals surface area (Å²) >= 11 is 0. The molecule has 118 valence electrons. The zero-order valence-corrected chi connectivity index (χ0v) is 11.9. The summed E-state index contributed by atoms with van der Waals surface area (Å²) in [5.74, 6) is -1.59. The zero-order chi connectivity index (χ0) is 15.6. The number of piperidine rings is 1. The van der Waals surface area contributed by atoms with Crippen molar-refractivity contribution in [2.75, 3.05) is 26.2 Å². The molecular weight excluding hydrogens is 280 g/mol. The maximum Gasteiger partial charge on any atom is 0.407 e. The minimum atomic E-state index is -1.09. The summed E-state index contributed by atoms with van der Waals surface area (Å²) < 4.78 is 5.00. The summed E-state index contributed by atoms with van der Waals surface area (Å²) in [4.78, 5) is 37.8. The summed E-state index contributed by atoms with van der Waals surface area (Å²) in [5, 5.41) is 18.6. The number of carboxylic acid groups (broad SMARTS) is 1. The summed E-state index contributed by atoms with van der Waals surface area (Å²) in [7, 11) is 0. The molecule has 3 atom stereocenters. The monoisotopic (exact) mass is 300 g/mol. The molecule has 2 N–H and O–H groups in total. The third-order valence-electron chi connectivity index (χ3n) is 4.05. The standard InChI is InChI=1S/C13H20N2O6/c1-2-21-12(18)8-7-14(13(19)20)5-3-9(8)15-6-4-10(16)11(15)17/h8-10,16H,2-7H2,1H3,(H,19,20)/t8?,9?,10-/m1/s1. The van der Waals surface area contributed by atoms with Gasteiger partial charge in [0.15, 0.2) is 0 Å². The Balaban J connectivity index is 2.16. The number of rotatable bonds is 3. The van der Waals surface area contributed by atoms with Crippen LogP contribution in [0.4, 0.5) is 4.79 Å². The van der Waals surface area contributed by atoms with E-state index in [2.05, 4.69) is 0 Å². The smallest absolute Gasteiger partial charge is 0.407 e. The first kappa shape index (κ1) is 15.6. The van der Waals surface area contributed by atoms with Crippen LogP contribution in [0.1, 0.15) is 19.8 Å². The predicted molar refractivity (Wildman–Crippen MR) is 70.5 cm³/mol. The SMILES string of the molecule is CCOC(=O)C1CN(C(=O)O)CCC1N1CC[C@@H](O)C1=O. The van der Waals surface area contributed by atoms with Crippen molar-refractivity contribution in [1.29, 1.82) is 0 Å². The van der Waals surface area contributed by atoms with Gasteiger partial charge in [0.25, 0.3) is 5.91 Å². The van der Waals surface area contributed by atoms with Gasteiger partial charge < -0.3 is 24.7 Å². The van der Waals surface area contributed by atoms with Crippen LogP contribution in [0.2, 0.25) is 0 Å². The first-order valence-corrected chi connectivity index (χ1v) is 7.08. The van der Waals surface area contributed by atoms with Crippen LogP contribution in [0.25, 0.3) is 0 Å². The molecule has 0 aromatic rings. The van der Waals surface area contributed by atoms with Gasteiger partial charge in [-0.05, 0) is 19.8 Å². The van der Waals surface area contributed by atoms with E-state index in [0.717, 1.165) is 4.90 Å². The van der Waals surface area contributed by atoms with Gasteiger partial charge >= 0.3 is 12.1 Å². The molecule has 0 radical (unpaired) electrons. The molecule has 2 fully saturated rings. The number of ether oxygens (including phenoxy) is 1. The highest BCUT2D eigenvalue weighted by Crippen LogP contribution is 2.27. The van der Waals surface area contributed by atoms with E-state index in [1.165, 1.54) is 4.90 Å². The average Bonchev–Trinajstić information content (AvgIpc) is 2.78. The largest absolute Gasteiger partial charge is 0.466 e. The van der Waals surface area contributed by atoms with Crippen molar-refractivity contribution < 1.29 is 29.3 Å². The highest BCUT2D eigenvalue weighted by Gasteiger charge is 2.44. The first-order chi connectivity index (χ1) is 9.95. The van der Waals surface area contributed by atoms with Gasteiger partial charge in [0.1, 0.15) is 6.10 Å². The van der Waals surface area contributed by atoms with Crippen molar-refractivity contribution in [3.63, 3.8) is 0 Å². The molecule has 2 saturated heterocycles. The molecule has 2 heterocycles. The molecule has 2 aliphatic heterocycles. The Morgan fingerprint density at radius 1 is 1.33 bits per heavy atom. The molecule has 2 amide bonds. The van der Waals surface area contributed by atoms with Crippen LogP contribution >= 0.6 is 0 Å². The fraction of sp³-hybridized carbons (Fsp3) is 0.769. The Morgan fingerprint density at radius 3 is 2.57 bits per heavy atom. The van der Waals surface area contributed by atoms with Crippen molar-refractivity contribution >= 4 is 18.0 Å². The van der Waals surface area contributed by atoms with Crippen molar-refractivity contribution in [3.05, 3.63) is 0 Å². The number of aliphatic hydroxyl groups excluding tert-OH is 1. The third kappa shape index (κ3) is 3.10. The molecule has 0 spiro atoms. The van der Waals surface area contributed by atoms with Crippen LogP contribution in [0, 0.1) is 5.92 Å². The van der Waals surface area contributed by atoms with Gasteiger partial charge in [-0.15, -0.1) is 0 Å². The van der Waals surface area contributed by atoms with Gasteiger partial charge in [0.2, 0.25) is 0 Å². The molecule has 8 nitrogen and oxygen atoms in total. The Hall–Kier alpha value is -1.83. The summed E-state index contributed by atoms with van der Waals surface area (Å²) in [6.45, 7) is 2.53. The molecule has 0 bridgehead atoms. The average molecular weight is 300 g/mol. The van der Waals surface area contributed by atoms with Crippen molar-refractivity contribution in [2.24, 2.45) is 5.92 Å². The quantitative estimate of drug-likeness (QED) is 0.681. The molecule has 0 aromatic carbocycles. The van der Waals surface area contributed by atoms with E-state index in [1.807, 2.05) is 0 Å². The van der Waals surface area contributed by atoms with E-state index < -0.39 is 36.0 Å². The second kappa shape index (κ2) is 6.30. The Labute approximate surface area is 122 Å². The topological polar surface area (TPSA) is 107 Å². The molecule has 21 heavy (non-hydrogen) atoms. The number of hydrogen-bond acceptors (Lipinski definition) is 5. The van der Waals surface area contributed by atoms with Crippen molar-refractivity contribution in [2.45, 2.75) is 31.9 Å². The van der Waals surface area contributed by atoms with Crippen LogP contribution in [0.3, 0.4) is 0 Å². The number of amides is 2. The highest BCUT2D eigenvalue weighted by molar-refractivity contribution is 5.84. The summed E-state index contributed by atoms with van der Waals surface area (Å²) in [6.07, 6.45) is -1.40. The molecular formula is C13H20N2O6. The molecule has 2 unspecified atom stereocenters.